The van der Waals surface area contributed by atoms with Gasteiger partial charge in [-0.15, -0.1) is 0 Å². The van der Waals surface area contributed by atoms with Crippen molar-refractivity contribution in [2.45, 2.75) is 51.4 Å². The quantitative estimate of drug-likeness (QED) is 0.759. The zero-order valence-corrected chi connectivity index (χ0v) is 18.2. The number of rotatable bonds is 4. The van der Waals surface area contributed by atoms with Crippen LogP contribution < -0.4 is 4.90 Å². The largest absolute Gasteiger partial charge is 0.490 e. The van der Waals surface area contributed by atoms with Crippen LogP contribution in [0, 0.1) is 12.3 Å². The van der Waals surface area contributed by atoms with Gasteiger partial charge >= 0.3 is 12.1 Å². The number of carboxylic acids is 1. The molecule has 1 saturated carbocycles. The molecule has 0 amide bonds. The highest BCUT2D eigenvalue weighted by atomic mass is 19.4. The molecule has 1 N–H and O–H groups in total. The number of hydrogen-bond acceptors (Lipinski definition) is 6. The molecule has 4 rings (SSSR count). The molecule has 0 radical (unpaired) electrons. The Hall–Kier alpha value is -2.75. The van der Waals surface area contributed by atoms with Crippen molar-refractivity contribution in [3.05, 3.63) is 48.0 Å². The summed E-state index contributed by atoms with van der Waals surface area (Å²) in [6.07, 6.45) is 5.79. The maximum atomic E-state index is 10.6. The summed E-state index contributed by atoms with van der Waals surface area (Å²) < 4.78 is 31.7. The Kier molecular flexibility index (Phi) is 7.33. The third-order valence-corrected chi connectivity index (χ3v) is 6.21. The number of halogens is 3. The van der Waals surface area contributed by atoms with E-state index in [1.54, 1.807) is 0 Å². The summed E-state index contributed by atoms with van der Waals surface area (Å²) in [6.45, 7) is 5.15. The third-order valence-electron chi connectivity index (χ3n) is 6.21. The van der Waals surface area contributed by atoms with Crippen LogP contribution in [-0.4, -0.2) is 63.3 Å². The van der Waals surface area contributed by atoms with E-state index in [0.717, 1.165) is 36.8 Å². The molecule has 7 nitrogen and oxygen atoms in total. The first-order valence-electron chi connectivity index (χ1n) is 10.5. The average molecular weight is 451 g/mol. The summed E-state index contributed by atoms with van der Waals surface area (Å²) in [7, 11) is 2.24. The molecule has 2 fully saturated rings. The lowest BCUT2D eigenvalue weighted by Gasteiger charge is -2.54. The number of nitrogens with zero attached hydrogens (tertiary/aromatic N) is 5. The highest BCUT2D eigenvalue weighted by Gasteiger charge is 2.47. The van der Waals surface area contributed by atoms with E-state index in [1.165, 1.54) is 25.7 Å². The minimum atomic E-state index is -5.08. The molecule has 1 spiro atoms. The lowest BCUT2D eigenvalue weighted by atomic mass is 9.60. The van der Waals surface area contributed by atoms with Crippen LogP contribution >= 0.6 is 0 Å². The van der Waals surface area contributed by atoms with Crippen LogP contribution in [0.25, 0.3) is 0 Å². The molecule has 2 aromatic heterocycles. The number of piperidine rings is 1. The number of pyridine rings is 1. The predicted octanol–water partition coefficient (Wildman–Crippen LogP) is 3.69. The molecule has 32 heavy (non-hydrogen) atoms. The summed E-state index contributed by atoms with van der Waals surface area (Å²) in [5.74, 6) is -1.86. The Morgan fingerprint density at radius 1 is 1.19 bits per heavy atom. The predicted molar refractivity (Wildman–Crippen MR) is 113 cm³/mol. The fourth-order valence-electron chi connectivity index (χ4n) is 4.27. The second-order valence-electron chi connectivity index (χ2n) is 8.65. The van der Waals surface area contributed by atoms with E-state index in [4.69, 9.17) is 9.90 Å². The number of carbonyl (C=O) groups is 1. The van der Waals surface area contributed by atoms with Gasteiger partial charge in [-0.2, -0.15) is 13.2 Å². The second-order valence-corrected chi connectivity index (χ2v) is 8.65. The Labute approximate surface area is 185 Å². The van der Waals surface area contributed by atoms with Crippen LogP contribution in [0.3, 0.4) is 0 Å². The van der Waals surface area contributed by atoms with Gasteiger partial charge in [0.15, 0.2) is 0 Å². The minimum absolute atomic E-state index is 0.546. The molecule has 2 aliphatic rings. The van der Waals surface area contributed by atoms with E-state index in [2.05, 4.69) is 43.9 Å². The van der Waals surface area contributed by atoms with Gasteiger partial charge in [0.25, 0.3) is 0 Å². The van der Waals surface area contributed by atoms with Gasteiger partial charge in [-0.1, -0.05) is 6.07 Å². The van der Waals surface area contributed by atoms with Crippen molar-refractivity contribution in [3.63, 3.8) is 0 Å². The van der Waals surface area contributed by atoms with Crippen LogP contribution in [0.1, 0.15) is 36.9 Å². The number of carboxylic acid groups (broad SMARTS) is 1. The molecule has 0 unspecified atom stereocenters. The second kappa shape index (κ2) is 9.81. The molecular formula is C22H28F3N5O2. The van der Waals surface area contributed by atoms with Gasteiger partial charge in [-0.05, 0) is 62.8 Å². The maximum Gasteiger partial charge on any atom is 0.490 e. The third kappa shape index (κ3) is 6.15. The van der Waals surface area contributed by atoms with Crippen LogP contribution in [0.15, 0.2) is 36.8 Å². The number of hydrogen-bond donors (Lipinski definition) is 1. The zero-order valence-electron chi connectivity index (χ0n) is 18.2. The molecule has 3 heterocycles. The highest BCUT2D eigenvalue weighted by molar-refractivity contribution is 5.73. The molecule has 1 aliphatic carbocycles. The molecule has 10 heteroatoms. The SMILES string of the molecule is Cc1cnc(N2CCC3(CC2)CC(N(C)Cc2ccccn2)C3)nc1.O=C(O)C(F)(F)F. The first kappa shape index (κ1) is 23.9. The number of aromatic nitrogens is 3. The molecular weight excluding hydrogens is 423 g/mol. The topological polar surface area (TPSA) is 82.5 Å². The summed E-state index contributed by atoms with van der Waals surface area (Å²) in [6, 6.07) is 6.86. The monoisotopic (exact) mass is 451 g/mol. The standard InChI is InChI=1S/C20H27N5.C2HF3O2/c1-16-13-22-19(23-14-16)25-9-6-20(7-10-25)11-18(12-20)24(2)15-17-5-3-4-8-21-17;3-2(4,5)1(6)7/h3-5,8,13-14,18H,6-7,9-12,15H2,1-2H3;(H,6,7). The fourth-order valence-corrected chi connectivity index (χ4v) is 4.27. The van der Waals surface area contributed by atoms with E-state index in [1.807, 2.05) is 31.6 Å². The average Bonchev–Trinajstić information content (AvgIpc) is 2.73. The Bertz CT molecular complexity index is 877. The molecule has 0 atom stereocenters. The zero-order chi connectivity index (χ0) is 23.4. The maximum absolute atomic E-state index is 10.6. The first-order chi connectivity index (χ1) is 15.1. The summed E-state index contributed by atoms with van der Waals surface area (Å²) in [5.41, 5.74) is 2.83. The molecule has 174 valence electrons. The smallest absolute Gasteiger partial charge is 0.475 e. The van der Waals surface area contributed by atoms with Gasteiger partial charge in [0.1, 0.15) is 0 Å². The van der Waals surface area contributed by atoms with Crippen molar-refractivity contribution < 1.29 is 23.1 Å². The van der Waals surface area contributed by atoms with Crippen LogP contribution in [0.5, 0.6) is 0 Å². The van der Waals surface area contributed by atoms with Crippen LogP contribution in [0.4, 0.5) is 19.1 Å². The Morgan fingerprint density at radius 3 is 2.28 bits per heavy atom. The van der Waals surface area contributed by atoms with Gasteiger partial charge in [-0.25, -0.2) is 14.8 Å². The van der Waals surface area contributed by atoms with E-state index in [9.17, 15) is 13.2 Å². The number of aryl methyl sites for hydroxylation is 1. The van der Waals surface area contributed by atoms with Gasteiger partial charge < -0.3 is 10.0 Å². The van der Waals surface area contributed by atoms with Gasteiger partial charge in [0.2, 0.25) is 5.95 Å². The molecule has 2 aromatic rings. The van der Waals surface area contributed by atoms with Crippen molar-refractivity contribution in [1.82, 2.24) is 19.9 Å². The lowest BCUT2D eigenvalue weighted by molar-refractivity contribution is -0.192. The van der Waals surface area contributed by atoms with Gasteiger partial charge in [0.05, 0.1) is 5.69 Å². The normalized spacial score (nSPS) is 18.1. The fraction of sp³-hybridized carbons (Fsp3) is 0.545. The van der Waals surface area contributed by atoms with Gasteiger partial charge in [0, 0.05) is 44.3 Å². The summed E-state index contributed by atoms with van der Waals surface area (Å²) >= 11 is 0. The first-order valence-corrected chi connectivity index (χ1v) is 10.5. The number of anilines is 1. The van der Waals surface area contributed by atoms with Crippen LogP contribution in [-0.2, 0) is 11.3 Å². The van der Waals surface area contributed by atoms with E-state index in [0.29, 0.717) is 11.5 Å². The van der Waals surface area contributed by atoms with Crippen LogP contribution in [0.2, 0.25) is 0 Å². The Balaban J connectivity index is 0.000000360. The van der Waals surface area contributed by atoms with Crippen molar-refractivity contribution in [2.24, 2.45) is 5.41 Å². The number of alkyl halides is 3. The van der Waals surface area contributed by atoms with Crippen molar-refractivity contribution in [2.75, 3.05) is 25.0 Å². The molecule has 1 saturated heterocycles. The van der Waals surface area contributed by atoms with Crippen molar-refractivity contribution in [1.29, 1.82) is 0 Å². The molecule has 0 bridgehead atoms. The molecule has 0 aromatic carbocycles. The minimum Gasteiger partial charge on any atom is -0.475 e. The summed E-state index contributed by atoms with van der Waals surface area (Å²) in [4.78, 5) is 27.1. The summed E-state index contributed by atoms with van der Waals surface area (Å²) in [5, 5.41) is 7.12. The van der Waals surface area contributed by atoms with E-state index >= 15 is 0 Å². The van der Waals surface area contributed by atoms with E-state index < -0.39 is 12.1 Å². The molecule has 1 aliphatic heterocycles. The highest BCUT2D eigenvalue weighted by Crippen LogP contribution is 2.51. The Morgan fingerprint density at radius 2 is 1.78 bits per heavy atom. The number of aliphatic carboxylic acids is 1. The van der Waals surface area contributed by atoms with E-state index in [-0.39, 0.29) is 0 Å². The lowest BCUT2D eigenvalue weighted by Crippen LogP contribution is -2.54. The van der Waals surface area contributed by atoms with Crippen molar-refractivity contribution >= 4 is 11.9 Å². The van der Waals surface area contributed by atoms with Crippen molar-refractivity contribution in [3.8, 4) is 0 Å². The van der Waals surface area contributed by atoms with Gasteiger partial charge in [-0.3, -0.25) is 9.88 Å².